The second-order valence-corrected chi connectivity index (χ2v) is 3.23. The van der Waals surface area contributed by atoms with Gasteiger partial charge in [0, 0.05) is 0 Å². The average Bonchev–Trinajstić information content (AvgIpc) is 2.00. The lowest BCUT2D eigenvalue weighted by Crippen LogP contribution is -2.24. The van der Waals surface area contributed by atoms with E-state index in [1.54, 1.807) is 0 Å². The van der Waals surface area contributed by atoms with Crippen LogP contribution in [0.5, 0.6) is 0 Å². The molecule has 1 unspecified atom stereocenters. The summed E-state index contributed by atoms with van der Waals surface area (Å²) in [5.41, 5.74) is -0.0395. The van der Waals surface area contributed by atoms with Gasteiger partial charge in [-0.3, -0.25) is 0 Å². The molecule has 0 aliphatic rings. The lowest BCUT2D eigenvalue weighted by molar-refractivity contribution is 0.143. The summed E-state index contributed by atoms with van der Waals surface area (Å²) >= 11 is 0. The van der Waals surface area contributed by atoms with Crippen LogP contribution in [0.2, 0.25) is 0 Å². The van der Waals surface area contributed by atoms with Gasteiger partial charge in [-0.1, -0.05) is 25.8 Å². The first-order valence-electron chi connectivity index (χ1n) is 3.87. The Morgan fingerprint density at radius 2 is 2.30 bits per heavy atom. The number of rotatable bonds is 5. The molecule has 0 aromatic carbocycles. The Bertz CT molecular complexity index is 103. The summed E-state index contributed by atoms with van der Waals surface area (Å²) in [7, 11) is 0.802. The van der Waals surface area contributed by atoms with Crippen LogP contribution in [-0.4, -0.2) is 16.1 Å². The summed E-state index contributed by atoms with van der Waals surface area (Å²) in [4.78, 5) is 0. The Morgan fingerprint density at radius 3 is 2.60 bits per heavy atom. The lowest BCUT2D eigenvalue weighted by Gasteiger charge is -2.24. The van der Waals surface area contributed by atoms with Gasteiger partial charge in [0.05, 0.1) is 5.60 Å². The number of hydrogen-bond acceptors (Lipinski definition) is 1. The second-order valence-electron chi connectivity index (χ2n) is 2.82. The Hall–Kier alpha value is -0.0831. The molecule has 0 aromatic rings. The smallest absolute Gasteiger partial charge is 0.147 e. The van der Waals surface area contributed by atoms with Gasteiger partial charge in [0.2, 0.25) is 0 Å². The summed E-state index contributed by atoms with van der Waals surface area (Å²) in [5, 5.41) is 0. The SMILES string of the molecule is C=CC(C)(CCCC)O[SiH3]. The summed E-state index contributed by atoms with van der Waals surface area (Å²) in [6, 6.07) is 0. The maximum absolute atomic E-state index is 5.41. The molecule has 0 aliphatic carbocycles. The Balaban J connectivity index is 3.68. The maximum atomic E-state index is 5.41. The van der Waals surface area contributed by atoms with Gasteiger partial charge in [0.1, 0.15) is 10.5 Å². The maximum Gasteiger partial charge on any atom is 0.147 e. The van der Waals surface area contributed by atoms with Crippen LogP contribution in [0.25, 0.3) is 0 Å². The van der Waals surface area contributed by atoms with Crippen molar-refractivity contribution in [2.75, 3.05) is 0 Å². The summed E-state index contributed by atoms with van der Waals surface area (Å²) in [6.45, 7) is 8.04. The predicted octanol–water partition coefficient (Wildman–Crippen LogP) is 1.42. The van der Waals surface area contributed by atoms with Crippen molar-refractivity contribution in [2.45, 2.75) is 38.7 Å². The highest BCUT2D eigenvalue weighted by molar-refractivity contribution is 5.98. The molecular weight excluding hydrogens is 140 g/mol. The molecule has 0 N–H and O–H groups in total. The fourth-order valence-corrected chi connectivity index (χ4v) is 1.19. The first-order valence-corrected chi connectivity index (χ1v) is 4.69. The van der Waals surface area contributed by atoms with Crippen molar-refractivity contribution in [3.05, 3.63) is 12.7 Å². The van der Waals surface area contributed by atoms with E-state index in [0.29, 0.717) is 0 Å². The van der Waals surface area contributed by atoms with Gasteiger partial charge in [-0.25, -0.2) is 0 Å². The van der Waals surface area contributed by atoms with Crippen LogP contribution in [-0.2, 0) is 4.43 Å². The lowest BCUT2D eigenvalue weighted by atomic mass is 10.00. The minimum absolute atomic E-state index is 0.0395. The van der Waals surface area contributed by atoms with E-state index in [4.69, 9.17) is 4.43 Å². The molecule has 2 heteroatoms. The average molecular weight is 158 g/mol. The van der Waals surface area contributed by atoms with E-state index in [1.165, 1.54) is 12.8 Å². The minimum Gasteiger partial charge on any atom is -0.419 e. The largest absolute Gasteiger partial charge is 0.419 e. The van der Waals surface area contributed by atoms with Gasteiger partial charge in [0.25, 0.3) is 0 Å². The van der Waals surface area contributed by atoms with E-state index < -0.39 is 0 Å². The third-order valence-electron chi connectivity index (χ3n) is 1.92. The molecule has 0 radical (unpaired) electrons. The van der Waals surface area contributed by atoms with E-state index in [0.717, 1.165) is 16.9 Å². The molecule has 0 saturated carbocycles. The highest BCUT2D eigenvalue weighted by Crippen LogP contribution is 2.17. The molecule has 0 rings (SSSR count). The highest BCUT2D eigenvalue weighted by Gasteiger charge is 2.16. The van der Waals surface area contributed by atoms with E-state index in [-0.39, 0.29) is 5.60 Å². The molecule has 10 heavy (non-hydrogen) atoms. The fourth-order valence-electron chi connectivity index (χ4n) is 0.815. The standard InChI is InChI=1S/C8H18OSi/c1-4-6-7-8(3,5-2)9-10/h5H,2,4,6-7H2,1,3,10H3. The molecule has 0 aliphatic heterocycles. The zero-order valence-electron chi connectivity index (χ0n) is 7.31. The molecule has 1 nitrogen and oxygen atoms in total. The minimum atomic E-state index is -0.0395. The third kappa shape index (κ3) is 3.18. The Morgan fingerprint density at radius 1 is 1.70 bits per heavy atom. The first kappa shape index (κ1) is 9.92. The quantitative estimate of drug-likeness (QED) is 0.434. The topological polar surface area (TPSA) is 9.23 Å². The zero-order valence-corrected chi connectivity index (χ0v) is 9.31. The first-order chi connectivity index (χ1) is 4.68. The van der Waals surface area contributed by atoms with Gasteiger partial charge in [-0.2, -0.15) is 0 Å². The van der Waals surface area contributed by atoms with E-state index in [1.807, 2.05) is 6.08 Å². The second kappa shape index (κ2) is 4.69. The van der Waals surface area contributed by atoms with Crippen LogP contribution in [0.15, 0.2) is 12.7 Å². The molecule has 0 heterocycles. The zero-order chi connectivity index (χ0) is 8.04. The van der Waals surface area contributed by atoms with Crippen LogP contribution >= 0.6 is 0 Å². The van der Waals surface area contributed by atoms with Crippen LogP contribution in [0, 0.1) is 0 Å². The normalized spacial score (nSPS) is 16.6. The Labute approximate surface area is 67.0 Å². The fraction of sp³-hybridized carbons (Fsp3) is 0.750. The van der Waals surface area contributed by atoms with Crippen molar-refractivity contribution in [1.82, 2.24) is 0 Å². The van der Waals surface area contributed by atoms with Gasteiger partial charge >= 0.3 is 0 Å². The monoisotopic (exact) mass is 158 g/mol. The molecule has 0 bridgehead atoms. The van der Waals surface area contributed by atoms with Crippen molar-refractivity contribution in [3.63, 3.8) is 0 Å². The molecule has 0 spiro atoms. The van der Waals surface area contributed by atoms with Crippen molar-refractivity contribution in [2.24, 2.45) is 0 Å². The Kier molecular flexibility index (Phi) is 4.65. The number of hydrogen-bond donors (Lipinski definition) is 0. The van der Waals surface area contributed by atoms with Gasteiger partial charge in [-0.05, 0) is 13.3 Å². The van der Waals surface area contributed by atoms with E-state index in [9.17, 15) is 0 Å². The highest BCUT2D eigenvalue weighted by atomic mass is 28.2. The molecule has 0 fully saturated rings. The molecule has 0 aromatic heterocycles. The summed E-state index contributed by atoms with van der Waals surface area (Å²) < 4.78 is 5.41. The number of unbranched alkanes of at least 4 members (excludes halogenated alkanes) is 1. The van der Waals surface area contributed by atoms with Gasteiger partial charge in [0.15, 0.2) is 0 Å². The predicted molar refractivity (Wildman–Crippen MR) is 49.2 cm³/mol. The molecule has 60 valence electrons. The van der Waals surface area contributed by atoms with Crippen LogP contribution in [0.4, 0.5) is 0 Å². The van der Waals surface area contributed by atoms with E-state index in [2.05, 4.69) is 20.4 Å². The molecule has 1 atom stereocenters. The van der Waals surface area contributed by atoms with Gasteiger partial charge < -0.3 is 4.43 Å². The van der Waals surface area contributed by atoms with Crippen molar-refractivity contribution >= 4 is 10.5 Å². The molecular formula is C8H18OSi. The van der Waals surface area contributed by atoms with Crippen molar-refractivity contribution < 1.29 is 4.43 Å². The summed E-state index contributed by atoms with van der Waals surface area (Å²) in [6.07, 6.45) is 5.48. The molecule has 0 amide bonds. The van der Waals surface area contributed by atoms with Crippen LogP contribution < -0.4 is 0 Å². The van der Waals surface area contributed by atoms with Crippen molar-refractivity contribution in [3.8, 4) is 0 Å². The summed E-state index contributed by atoms with van der Waals surface area (Å²) in [5.74, 6) is 0. The van der Waals surface area contributed by atoms with Crippen molar-refractivity contribution in [1.29, 1.82) is 0 Å². The van der Waals surface area contributed by atoms with Crippen LogP contribution in [0.3, 0.4) is 0 Å². The van der Waals surface area contributed by atoms with E-state index >= 15 is 0 Å². The van der Waals surface area contributed by atoms with Crippen LogP contribution in [0.1, 0.15) is 33.1 Å². The van der Waals surface area contributed by atoms with Gasteiger partial charge in [-0.15, -0.1) is 6.58 Å². The molecule has 0 saturated heterocycles. The third-order valence-corrected chi connectivity index (χ3v) is 2.86.